The molecule has 0 saturated heterocycles. The van der Waals surface area contributed by atoms with E-state index in [4.69, 9.17) is 5.73 Å². The molecule has 2 aromatic rings. The zero-order valence-corrected chi connectivity index (χ0v) is 13.7. The summed E-state index contributed by atoms with van der Waals surface area (Å²) in [7, 11) is 0. The Balaban J connectivity index is 1.58. The van der Waals surface area contributed by atoms with Crippen LogP contribution in [-0.4, -0.2) is 31.9 Å². The highest BCUT2D eigenvalue weighted by molar-refractivity contribution is 5.79. The van der Waals surface area contributed by atoms with Crippen LogP contribution in [0.5, 0.6) is 0 Å². The number of nitrogens with one attached hydrogen (secondary N) is 1. The van der Waals surface area contributed by atoms with Crippen molar-refractivity contribution in [1.29, 1.82) is 0 Å². The van der Waals surface area contributed by atoms with Crippen LogP contribution in [-0.2, 0) is 11.3 Å². The molecule has 0 bridgehead atoms. The lowest BCUT2D eigenvalue weighted by molar-refractivity contribution is -0.125. The monoisotopic (exact) mass is 326 g/mol. The molecule has 0 radical (unpaired) electrons. The zero-order valence-electron chi connectivity index (χ0n) is 13.7. The molecular formula is C17H22N6O. The Labute approximate surface area is 141 Å². The first-order valence-corrected chi connectivity index (χ1v) is 8.18. The van der Waals surface area contributed by atoms with E-state index < -0.39 is 0 Å². The van der Waals surface area contributed by atoms with Gasteiger partial charge in [-0.1, -0.05) is 17.4 Å². The summed E-state index contributed by atoms with van der Waals surface area (Å²) in [4.78, 5) is 16.3. The van der Waals surface area contributed by atoms with Crippen LogP contribution in [0.2, 0.25) is 0 Å². The van der Waals surface area contributed by atoms with Gasteiger partial charge in [-0.25, -0.2) is 4.68 Å². The van der Waals surface area contributed by atoms with E-state index in [1.165, 1.54) is 0 Å². The Hall–Kier alpha value is -2.70. The first-order valence-electron chi connectivity index (χ1n) is 8.18. The maximum Gasteiger partial charge on any atom is 0.223 e. The molecule has 24 heavy (non-hydrogen) atoms. The van der Waals surface area contributed by atoms with E-state index in [1.54, 1.807) is 17.1 Å². The second-order valence-corrected chi connectivity index (χ2v) is 6.22. The molecule has 3 rings (SSSR count). The van der Waals surface area contributed by atoms with Crippen LogP contribution in [0.4, 0.5) is 5.69 Å². The van der Waals surface area contributed by atoms with Crippen molar-refractivity contribution in [2.75, 3.05) is 5.73 Å². The highest BCUT2D eigenvalue weighted by Crippen LogP contribution is 2.19. The molecule has 1 aliphatic rings. The molecule has 0 spiro atoms. The highest BCUT2D eigenvalue weighted by Gasteiger charge is 2.20. The van der Waals surface area contributed by atoms with Crippen LogP contribution < -0.4 is 11.1 Å². The van der Waals surface area contributed by atoms with Gasteiger partial charge in [-0.3, -0.25) is 9.78 Å². The molecule has 7 nitrogen and oxygen atoms in total. The van der Waals surface area contributed by atoms with Crippen molar-refractivity contribution in [2.24, 2.45) is 5.92 Å². The number of nitrogens with zero attached hydrogens (tertiary/aromatic N) is 4. The van der Waals surface area contributed by atoms with Gasteiger partial charge in [0, 0.05) is 29.9 Å². The number of hydrogen-bond donors (Lipinski definition) is 2. The van der Waals surface area contributed by atoms with Crippen molar-refractivity contribution in [3.8, 4) is 11.3 Å². The van der Waals surface area contributed by atoms with Crippen LogP contribution in [0.25, 0.3) is 11.3 Å². The summed E-state index contributed by atoms with van der Waals surface area (Å²) in [6, 6.07) is 1.79. The third-order valence-electron chi connectivity index (χ3n) is 4.08. The van der Waals surface area contributed by atoms with Crippen LogP contribution in [0.15, 0.2) is 36.8 Å². The number of amides is 1. The van der Waals surface area contributed by atoms with Gasteiger partial charge >= 0.3 is 0 Å². The first kappa shape index (κ1) is 16.2. The fraction of sp³-hybridized carbons (Fsp3) is 0.412. The van der Waals surface area contributed by atoms with Gasteiger partial charge in [-0.2, -0.15) is 0 Å². The molecule has 0 aromatic carbocycles. The van der Waals surface area contributed by atoms with Crippen LogP contribution in [0.1, 0.15) is 26.2 Å². The smallest absolute Gasteiger partial charge is 0.223 e. The molecular weight excluding hydrogens is 304 g/mol. The SMILES string of the molecule is C[C@H](Cn1cc(-c2cncc(N)c2)nn1)NC(=O)C1CC=CCC1. The predicted molar refractivity (Wildman–Crippen MR) is 91.8 cm³/mol. The van der Waals surface area contributed by atoms with Gasteiger partial charge in [-0.05, 0) is 32.3 Å². The number of nitrogens with two attached hydrogens (primary N) is 1. The maximum absolute atomic E-state index is 12.3. The molecule has 0 fully saturated rings. The lowest BCUT2D eigenvalue weighted by Crippen LogP contribution is -2.39. The second kappa shape index (κ2) is 7.25. The Bertz CT molecular complexity index is 738. The van der Waals surface area contributed by atoms with E-state index in [-0.39, 0.29) is 17.9 Å². The zero-order chi connectivity index (χ0) is 16.9. The van der Waals surface area contributed by atoms with E-state index in [2.05, 4.69) is 32.8 Å². The van der Waals surface area contributed by atoms with Crippen molar-refractivity contribution in [3.05, 3.63) is 36.8 Å². The maximum atomic E-state index is 12.3. The molecule has 0 saturated carbocycles. The lowest BCUT2D eigenvalue weighted by Gasteiger charge is -2.20. The number of allylic oxidation sites excluding steroid dienone is 2. The van der Waals surface area contributed by atoms with Crippen molar-refractivity contribution >= 4 is 11.6 Å². The Morgan fingerprint density at radius 1 is 1.46 bits per heavy atom. The van der Waals surface area contributed by atoms with E-state index in [0.717, 1.165) is 24.8 Å². The van der Waals surface area contributed by atoms with Crippen LogP contribution in [0.3, 0.4) is 0 Å². The lowest BCUT2D eigenvalue weighted by atomic mass is 9.93. The van der Waals surface area contributed by atoms with Gasteiger partial charge in [-0.15, -0.1) is 5.10 Å². The van der Waals surface area contributed by atoms with E-state index in [9.17, 15) is 4.79 Å². The van der Waals surface area contributed by atoms with Gasteiger partial charge in [0.15, 0.2) is 0 Å². The summed E-state index contributed by atoms with van der Waals surface area (Å²) < 4.78 is 1.73. The fourth-order valence-electron chi connectivity index (χ4n) is 2.84. The molecule has 2 atom stereocenters. The molecule has 0 aliphatic heterocycles. The number of nitrogen functional groups attached to an aromatic ring is 1. The minimum Gasteiger partial charge on any atom is -0.397 e. The topological polar surface area (TPSA) is 98.7 Å². The number of aromatic nitrogens is 4. The molecule has 7 heteroatoms. The fourth-order valence-corrected chi connectivity index (χ4v) is 2.84. The molecule has 1 unspecified atom stereocenters. The highest BCUT2D eigenvalue weighted by atomic mass is 16.1. The largest absolute Gasteiger partial charge is 0.397 e. The standard InChI is InChI=1S/C17H22N6O/c1-12(20-17(24)13-5-3-2-4-6-13)10-23-11-16(21-22-23)14-7-15(18)9-19-8-14/h2-3,7-9,11-13H,4-6,10,18H2,1H3,(H,20,24)/t12-,13?/m1/s1. The minimum atomic E-state index is -0.0167. The number of hydrogen-bond acceptors (Lipinski definition) is 5. The summed E-state index contributed by atoms with van der Waals surface area (Å²) in [6.07, 6.45) is 12.1. The van der Waals surface area contributed by atoms with Gasteiger partial charge < -0.3 is 11.1 Å². The number of rotatable bonds is 5. The van der Waals surface area contributed by atoms with Crippen molar-refractivity contribution in [1.82, 2.24) is 25.3 Å². The third kappa shape index (κ3) is 3.98. The van der Waals surface area contributed by atoms with Gasteiger partial charge in [0.05, 0.1) is 18.4 Å². The Morgan fingerprint density at radius 3 is 3.08 bits per heavy atom. The molecule has 2 heterocycles. The molecule has 126 valence electrons. The molecule has 1 aliphatic carbocycles. The Kier molecular flexibility index (Phi) is 4.88. The average Bonchev–Trinajstić information content (AvgIpc) is 3.04. The summed E-state index contributed by atoms with van der Waals surface area (Å²) in [6.45, 7) is 2.54. The van der Waals surface area contributed by atoms with Crippen LogP contribution in [0, 0.1) is 5.92 Å². The van der Waals surface area contributed by atoms with E-state index in [0.29, 0.717) is 17.9 Å². The summed E-state index contributed by atoms with van der Waals surface area (Å²) >= 11 is 0. The van der Waals surface area contributed by atoms with Gasteiger partial charge in [0.2, 0.25) is 5.91 Å². The van der Waals surface area contributed by atoms with E-state index in [1.807, 2.05) is 19.2 Å². The van der Waals surface area contributed by atoms with Crippen molar-refractivity contribution in [2.45, 2.75) is 38.8 Å². The first-order chi connectivity index (χ1) is 11.6. The quantitative estimate of drug-likeness (QED) is 0.816. The molecule has 1 amide bonds. The van der Waals surface area contributed by atoms with Crippen molar-refractivity contribution < 1.29 is 4.79 Å². The molecule has 2 aromatic heterocycles. The minimum absolute atomic E-state index is 0.0167. The third-order valence-corrected chi connectivity index (χ3v) is 4.08. The Morgan fingerprint density at radius 2 is 2.33 bits per heavy atom. The second-order valence-electron chi connectivity index (χ2n) is 6.22. The number of anilines is 1. The average molecular weight is 326 g/mol. The van der Waals surface area contributed by atoms with Crippen molar-refractivity contribution in [3.63, 3.8) is 0 Å². The van der Waals surface area contributed by atoms with Gasteiger partial charge in [0.25, 0.3) is 0 Å². The number of carbonyl (C=O) groups excluding carboxylic acids is 1. The summed E-state index contributed by atoms with van der Waals surface area (Å²) in [5.74, 6) is 0.203. The van der Waals surface area contributed by atoms with Gasteiger partial charge in [0.1, 0.15) is 5.69 Å². The summed E-state index contributed by atoms with van der Waals surface area (Å²) in [5, 5.41) is 11.3. The normalized spacial score (nSPS) is 18.3. The predicted octanol–water partition coefficient (Wildman–Crippen LogP) is 1.78. The molecule has 3 N–H and O–H groups in total. The summed E-state index contributed by atoms with van der Waals surface area (Å²) in [5.41, 5.74) is 7.87. The van der Waals surface area contributed by atoms with E-state index >= 15 is 0 Å². The number of carbonyl (C=O) groups is 1. The number of pyridine rings is 1. The van der Waals surface area contributed by atoms with Crippen LogP contribution >= 0.6 is 0 Å².